The van der Waals surface area contributed by atoms with Gasteiger partial charge in [-0.3, -0.25) is 0 Å². The maximum absolute atomic E-state index is 10.8. The number of carboxylic acid groups (broad SMARTS) is 1. The van der Waals surface area contributed by atoms with Gasteiger partial charge in [0.1, 0.15) is 0 Å². The number of halogens is 1. The van der Waals surface area contributed by atoms with Gasteiger partial charge in [-0.05, 0) is 29.1 Å². The largest absolute Gasteiger partial charge is 0.478 e. The molecule has 2 N–H and O–H groups in total. The molecule has 0 saturated carbocycles. The fourth-order valence-corrected chi connectivity index (χ4v) is 2.75. The van der Waals surface area contributed by atoms with E-state index >= 15 is 0 Å². The van der Waals surface area contributed by atoms with E-state index in [1.807, 2.05) is 12.1 Å². The molecule has 0 saturated heterocycles. The Morgan fingerprint density at radius 1 is 1.33 bits per heavy atom. The molecule has 1 aromatic heterocycles. The van der Waals surface area contributed by atoms with Gasteiger partial charge in [0.2, 0.25) is 0 Å². The van der Waals surface area contributed by atoms with E-state index in [4.69, 9.17) is 5.11 Å². The molecule has 1 aromatic carbocycles. The van der Waals surface area contributed by atoms with Gasteiger partial charge in [-0.25, -0.2) is 4.79 Å². The predicted molar refractivity (Wildman–Crippen MR) is 76.0 cm³/mol. The second kappa shape index (κ2) is 6.13. The molecule has 0 aliphatic heterocycles. The first-order valence-corrected chi connectivity index (χ1v) is 7.09. The molecule has 5 heteroatoms. The summed E-state index contributed by atoms with van der Waals surface area (Å²) in [5, 5.41) is 14.2. The lowest BCUT2D eigenvalue weighted by atomic mass is 10.1. The van der Waals surface area contributed by atoms with E-state index in [1.54, 1.807) is 23.5 Å². The van der Waals surface area contributed by atoms with E-state index in [9.17, 15) is 4.79 Å². The molecule has 2 rings (SSSR count). The number of hydrogen-bond acceptors (Lipinski definition) is 3. The van der Waals surface area contributed by atoms with Crippen LogP contribution < -0.4 is 5.32 Å². The van der Waals surface area contributed by atoms with Crippen LogP contribution in [0, 0.1) is 0 Å². The van der Waals surface area contributed by atoms with Crippen LogP contribution >= 0.6 is 27.3 Å². The lowest BCUT2D eigenvalue weighted by Crippen LogP contribution is -2.12. The molecule has 0 aliphatic rings. The van der Waals surface area contributed by atoms with E-state index < -0.39 is 5.97 Å². The van der Waals surface area contributed by atoms with Crippen LogP contribution in [0.1, 0.15) is 20.8 Å². The molecule has 0 aliphatic carbocycles. The number of benzene rings is 1. The van der Waals surface area contributed by atoms with Crippen LogP contribution in [0.15, 0.2) is 40.2 Å². The second-order valence-corrected chi connectivity index (χ2v) is 5.68. The Hall–Kier alpha value is -1.17. The lowest BCUT2D eigenvalue weighted by molar-refractivity contribution is 0.0697. The average molecular weight is 326 g/mol. The number of hydrogen-bond donors (Lipinski definition) is 2. The van der Waals surface area contributed by atoms with E-state index in [2.05, 4.69) is 32.7 Å². The summed E-state index contributed by atoms with van der Waals surface area (Å²) in [7, 11) is 0. The number of nitrogens with one attached hydrogen (secondary N) is 1. The highest BCUT2D eigenvalue weighted by Gasteiger charge is 2.06. The van der Waals surface area contributed by atoms with Gasteiger partial charge in [0.25, 0.3) is 0 Å². The van der Waals surface area contributed by atoms with Gasteiger partial charge >= 0.3 is 5.97 Å². The van der Waals surface area contributed by atoms with Gasteiger partial charge in [-0.1, -0.05) is 28.1 Å². The molecule has 0 atom stereocenters. The predicted octanol–water partition coefficient (Wildman–Crippen LogP) is 3.50. The summed E-state index contributed by atoms with van der Waals surface area (Å²) >= 11 is 5.11. The third kappa shape index (κ3) is 3.41. The number of rotatable bonds is 5. The Labute approximate surface area is 118 Å². The quantitative estimate of drug-likeness (QED) is 0.884. The maximum Gasteiger partial charge on any atom is 0.335 e. The average Bonchev–Trinajstić information content (AvgIpc) is 2.84. The van der Waals surface area contributed by atoms with E-state index in [0.717, 1.165) is 16.6 Å². The van der Waals surface area contributed by atoms with Gasteiger partial charge in [0.15, 0.2) is 0 Å². The number of carboxylic acids is 1. The highest BCUT2D eigenvalue weighted by atomic mass is 79.9. The van der Waals surface area contributed by atoms with E-state index in [0.29, 0.717) is 12.1 Å². The Morgan fingerprint density at radius 3 is 2.78 bits per heavy atom. The fraction of sp³-hybridized carbons (Fsp3) is 0.154. The highest BCUT2D eigenvalue weighted by molar-refractivity contribution is 9.10. The minimum absolute atomic E-state index is 0.295. The minimum Gasteiger partial charge on any atom is -0.478 e. The van der Waals surface area contributed by atoms with Crippen molar-refractivity contribution in [2.75, 3.05) is 0 Å². The second-order valence-electron chi connectivity index (χ2n) is 3.79. The molecule has 0 bridgehead atoms. The first kappa shape index (κ1) is 13.3. The molecule has 0 unspecified atom stereocenters. The number of aromatic carboxylic acids is 1. The first-order chi connectivity index (χ1) is 8.66. The summed E-state index contributed by atoms with van der Waals surface area (Å²) in [5.41, 5.74) is 1.35. The van der Waals surface area contributed by atoms with Crippen molar-refractivity contribution in [3.63, 3.8) is 0 Å². The molecule has 0 spiro atoms. The molecule has 0 radical (unpaired) electrons. The van der Waals surface area contributed by atoms with Crippen molar-refractivity contribution in [2.45, 2.75) is 13.1 Å². The van der Waals surface area contributed by atoms with Crippen molar-refractivity contribution in [3.05, 3.63) is 56.2 Å². The normalized spacial score (nSPS) is 10.5. The summed E-state index contributed by atoms with van der Waals surface area (Å²) in [6.45, 7) is 1.53. The van der Waals surface area contributed by atoms with E-state index in [1.165, 1.54) is 4.88 Å². The first-order valence-electron chi connectivity index (χ1n) is 5.41. The van der Waals surface area contributed by atoms with Crippen molar-refractivity contribution < 1.29 is 9.90 Å². The topological polar surface area (TPSA) is 49.3 Å². The van der Waals surface area contributed by atoms with Crippen LogP contribution in [0.4, 0.5) is 0 Å². The van der Waals surface area contributed by atoms with Gasteiger partial charge in [-0.2, -0.15) is 0 Å². The van der Waals surface area contributed by atoms with Gasteiger partial charge < -0.3 is 10.4 Å². The number of carbonyl (C=O) groups is 1. The Morgan fingerprint density at radius 2 is 2.17 bits per heavy atom. The molecular formula is C13H12BrNO2S. The highest BCUT2D eigenvalue weighted by Crippen LogP contribution is 2.19. The zero-order valence-corrected chi connectivity index (χ0v) is 11.9. The molecular weight excluding hydrogens is 314 g/mol. The van der Waals surface area contributed by atoms with Crippen molar-refractivity contribution >= 4 is 33.2 Å². The van der Waals surface area contributed by atoms with Crippen LogP contribution in [-0.4, -0.2) is 11.1 Å². The van der Waals surface area contributed by atoms with Crippen LogP contribution in [-0.2, 0) is 13.1 Å². The van der Waals surface area contributed by atoms with Crippen molar-refractivity contribution in [3.8, 4) is 0 Å². The van der Waals surface area contributed by atoms with Crippen LogP contribution in [0.25, 0.3) is 0 Å². The molecule has 94 valence electrons. The lowest BCUT2D eigenvalue weighted by Gasteiger charge is -2.07. The zero-order chi connectivity index (χ0) is 13.0. The summed E-state index contributed by atoms with van der Waals surface area (Å²) < 4.78 is 0.820. The van der Waals surface area contributed by atoms with Crippen LogP contribution in [0.5, 0.6) is 0 Å². The summed E-state index contributed by atoms with van der Waals surface area (Å²) in [6, 6.07) is 9.19. The van der Waals surface area contributed by atoms with Crippen molar-refractivity contribution in [2.24, 2.45) is 0 Å². The maximum atomic E-state index is 10.8. The molecule has 18 heavy (non-hydrogen) atoms. The SMILES string of the molecule is O=C(O)c1ccc(CNCc2cccs2)c(Br)c1. The van der Waals surface area contributed by atoms with Gasteiger partial charge in [0.05, 0.1) is 5.56 Å². The Balaban J connectivity index is 1.95. The van der Waals surface area contributed by atoms with Crippen molar-refractivity contribution in [1.82, 2.24) is 5.32 Å². The molecule has 0 amide bonds. The summed E-state index contributed by atoms with van der Waals surface area (Å²) in [4.78, 5) is 12.1. The fourth-order valence-electron chi connectivity index (χ4n) is 1.56. The monoisotopic (exact) mass is 325 g/mol. The Bertz CT molecular complexity index is 540. The third-order valence-corrected chi connectivity index (χ3v) is 4.11. The number of thiophene rings is 1. The van der Waals surface area contributed by atoms with Crippen molar-refractivity contribution in [1.29, 1.82) is 0 Å². The molecule has 1 heterocycles. The van der Waals surface area contributed by atoms with Gasteiger partial charge in [-0.15, -0.1) is 11.3 Å². The summed E-state index contributed by atoms with van der Waals surface area (Å²) in [5.74, 6) is -0.909. The zero-order valence-electron chi connectivity index (χ0n) is 9.52. The third-order valence-electron chi connectivity index (χ3n) is 2.49. The molecule has 2 aromatic rings. The smallest absolute Gasteiger partial charge is 0.335 e. The molecule has 3 nitrogen and oxygen atoms in total. The van der Waals surface area contributed by atoms with Gasteiger partial charge in [0, 0.05) is 22.4 Å². The van der Waals surface area contributed by atoms with Crippen LogP contribution in [0.2, 0.25) is 0 Å². The standard InChI is InChI=1S/C13H12BrNO2S/c14-12-6-9(13(16)17)3-4-10(12)7-15-8-11-2-1-5-18-11/h1-6,15H,7-8H2,(H,16,17). The minimum atomic E-state index is -0.909. The molecule has 0 fully saturated rings. The Kier molecular flexibility index (Phi) is 4.52. The van der Waals surface area contributed by atoms with Crippen LogP contribution in [0.3, 0.4) is 0 Å². The van der Waals surface area contributed by atoms with E-state index in [-0.39, 0.29) is 0 Å². The summed E-state index contributed by atoms with van der Waals surface area (Å²) in [6.07, 6.45) is 0.